The van der Waals surface area contributed by atoms with Crippen molar-refractivity contribution < 1.29 is 5.11 Å². The lowest BCUT2D eigenvalue weighted by Gasteiger charge is -2.10. The van der Waals surface area contributed by atoms with E-state index in [9.17, 15) is 5.11 Å². The van der Waals surface area contributed by atoms with Crippen LogP contribution in [0.5, 0.6) is 0 Å². The van der Waals surface area contributed by atoms with E-state index >= 15 is 0 Å². The number of benzene rings is 1. The van der Waals surface area contributed by atoms with Crippen molar-refractivity contribution >= 4 is 41.0 Å². The van der Waals surface area contributed by atoms with Gasteiger partial charge in [0, 0.05) is 0 Å². The van der Waals surface area contributed by atoms with Crippen LogP contribution in [0, 0.1) is 0 Å². The molecule has 1 atom stereocenters. The predicted octanol–water partition coefficient (Wildman–Crippen LogP) is 4.25. The molecule has 0 saturated carbocycles. The predicted molar refractivity (Wildman–Crippen MR) is 84.3 cm³/mol. The molecule has 104 valence electrons. The van der Waals surface area contributed by atoms with Gasteiger partial charge in [-0.3, -0.25) is 0 Å². The molecular formula is C14H12Cl2N2OS. The minimum absolute atomic E-state index is 0.166. The van der Waals surface area contributed by atoms with Gasteiger partial charge in [-0.25, -0.2) is 9.97 Å². The normalized spacial score (nSPS) is 12.8. The number of halogens is 2. The lowest BCUT2D eigenvalue weighted by atomic mass is 10.1. The molecule has 0 amide bonds. The molecule has 0 aliphatic rings. The summed E-state index contributed by atoms with van der Waals surface area (Å²) in [4.78, 5) is 8.13. The van der Waals surface area contributed by atoms with Gasteiger partial charge in [-0.05, 0) is 11.8 Å². The minimum atomic E-state index is -0.953. The molecule has 1 aromatic carbocycles. The fourth-order valence-corrected chi connectivity index (χ4v) is 2.67. The Morgan fingerprint density at radius 2 is 1.75 bits per heavy atom. The number of nitrogens with zero attached hydrogens (tertiary/aromatic N) is 2. The summed E-state index contributed by atoms with van der Waals surface area (Å²) < 4.78 is 0. The molecule has 6 heteroatoms. The highest BCUT2D eigenvalue weighted by Crippen LogP contribution is 2.30. The molecule has 0 bridgehead atoms. The zero-order chi connectivity index (χ0) is 14.5. The smallest absolute Gasteiger partial charge is 0.190 e. The number of hydrogen-bond donors (Lipinski definition) is 1. The van der Waals surface area contributed by atoms with Crippen molar-refractivity contribution in [1.82, 2.24) is 9.97 Å². The maximum atomic E-state index is 10.2. The number of hydrogen-bond acceptors (Lipinski definition) is 4. The van der Waals surface area contributed by atoms with Crippen LogP contribution in [0.1, 0.15) is 17.2 Å². The number of aromatic nitrogens is 2. The third kappa shape index (κ3) is 3.73. The molecule has 3 nitrogen and oxygen atoms in total. The molecule has 0 saturated heterocycles. The van der Waals surface area contributed by atoms with Crippen LogP contribution in [0.2, 0.25) is 10.3 Å². The van der Waals surface area contributed by atoms with Crippen LogP contribution in [-0.2, 0) is 0 Å². The van der Waals surface area contributed by atoms with Crippen molar-refractivity contribution in [3.8, 4) is 0 Å². The minimum Gasteiger partial charge on any atom is -0.384 e. The van der Waals surface area contributed by atoms with Crippen molar-refractivity contribution in [3.63, 3.8) is 0 Å². The van der Waals surface area contributed by atoms with Crippen molar-refractivity contribution in [3.05, 3.63) is 57.8 Å². The first-order valence-electron chi connectivity index (χ1n) is 5.80. The van der Waals surface area contributed by atoms with Gasteiger partial charge in [0.15, 0.2) is 5.16 Å². The van der Waals surface area contributed by atoms with Crippen LogP contribution in [0.25, 0.3) is 6.08 Å². The van der Waals surface area contributed by atoms with Crippen LogP contribution in [0.15, 0.2) is 41.6 Å². The van der Waals surface area contributed by atoms with Gasteiger partial charge < -0.3 is 5.11 Å². The highest BCUT2D eigenvalue weighted by atomic mass is 35.5. The molecule has 0 spiro atoms. The van der Waals surface area contributed by atoms with E-state index in [2.05, 4.69) is 9.97 Å². The van der Waals surface area contributed by atoms with Crippen molar-refractivity contribution in [2.45, 2.75) is 11.3 Å². The van der Waals surface area contributed by atoms with Crippen molar-refractivity contribution in [2.75, 3.05) is 6.26 Å². The third-order valence-corrected chi connectivity index (χ3v) is 3.70. The molecule has 1 N–H and O–H groups in total. The van der Waals surface area contributed by atoms with Gasteiger partial charge in [0.1, 0.15) is 16.4 Å². The van der Waals surface area contributed by atoms with E-state index in [4.69, 9.17) is 23.2 Å². The second-order valence-corrected chi connectivity index (χ2v) is 5.41. The Kier molecular flexibility index (Phi) is 5.43. The molecule has 1 unspecified atom stereocenters. The van der Waals surface area contributed by atoms with Gasteiger partial charge >= 0.3 is 0 Å². The number of aliphatic hydroxyl groups excluding tert-OH is 1. The Morgan fingerprint density at radius 3 is 2.30 bits per heavy atom. The maximum Gasteiger partial charge on any atom is 0.190 e. The first kappa shape index (κ1) is 15.3. The Labute approximate surface area is 131 Å². The first-order valence-corrected chi connectivity index (χ1v) is 7.78. The van der Waals surface area contributed by atoms with Gasteiger partial charge in [0.05, 0.1) is 5.56 Å². The second kappa shape index (κ2) is 7.09. The summed E-state index contributed by atoms with van der Waals surface area (Å²) in [5, 5.41) is 11.0. The molecule has 1 heterocycles. The SMILES string of the molecule is CSc1nc(Cl)c(C(O)/C=C/c2ccccc2)c(Cl)n1. The van der Waals surface area contributed by atoms with E-state index in [1.54, 1.807) is 12.2 Å². The topological polar surface area (TPSA) is 46.0 Å². The number of thioether (sulfide) groups is 1. The molecule has 2 rings (SSSR count). The Morgan fingerprint density at radius 1 is 1.15 bits per heavy atom. The summed E-state index contributed by atoms with van der Waals surface area (Å²) in [6.07, 6.45) is 4.27. The highest BCUT2D eigenvalue weighted by molar-refractivity contribution is 7.98. The summed E-state index contributed by atoms with van der Waals surface area (Å²) in [6.45, 7) is 0. The first-order chi connectivity index (χ1) is 9.61. The molecule has 0 aliphatic heterocycles. The quantitative estimate of drug-likeness (QED) is 0.518. The number of aliphatic hydroxyl groups is 1. The Hall–Kier alpha value is -1.07. The van der Waals surface area contributed by atoms with E-state index in [0.29, 0.717) is 10.7 Å². The van der Waals surface area contributed by atoms with Crippen molar-refractivity contribution in [1.29, 1.82) is 0 Å². The standard InChI is InChI=1S/C14H12Cl2N2OS/c1-20-14-17-12(15)11(13(16)18-14)10(19)8-7-9-5-3-2-4-6-9/h2-8,10,19H,1H3/b8-7+. The monoisotopic (exact) mass is 326 g/mol. The summed E-state index contributed by atoms with van der Waals surface area (Å²) >= 11 is 13.4. The largest absolute Gasteiger partial charge is 0.384 e. The highest BCUT2D eigenvalue weighted by Gasteiger charge is 2.17. The van der Waals surface area contributed by atoms with Crippen LogP contribution in [0.3, 0.4) is 0 Å². The Balaban J connectivity index is 2.25. The van der Waals surface area contributed by atoms with Gasteiger partial charge in [0.25, 0.3) is 0 Å². The third-order valence-electron chi connectivity index (χ3n) is 2.58. The van der Waals surface area contributed by atoms with Gasteiger partial charge in [0.2, 0.25) is 0 Å². The zero-order valence-corrected chi connectivity index (χ0v) is 13.0. The molecule has 0 fully saturated rings. The average molecular weight is 327 g/mol. The second-order valence-electron chi connectivity index (χ2n) is 3.92. The van der Waals surface area contributed by atoms with Crippen LogP contribution < -0.4 is 0 Å². The lowest BCUT2D eigenvalue weighted by molar-refractivity contribution is 0.228. The fraction of sp³-hybridized carbons (Fsp3) is 0.143. The Bertz CT molecular complexity index is 597. The van der Waals surface area contributed by atoms with E-state index in [0.717, 1.165) is 5.56 Å². The summed E-state index contributed by atoms with van der Waals surface area (Å²) in [5.74, 6) is 0. The molecular weight excluding hydrogens is 315 g/mol. The molecule has 0 radical (unpaired) electrons. The molecule has 2 aromatic rings. The van der Waals surface area contributed by atoms with E-state index in [1.807, 2.05) is 36.6 Å². The van der Waals surface area contributed by atoms with E-state index in [-0.39, 0.29) is 10.3 Å². The molecule has 0 aliphatic carbocycles. The van der Waals surface area contributed by atoms with Crippen LogP contribution >= 0.6 is 35.0 Å². The van der Waals surface area contributed by atoms with Crippen molar-refractivity contribution in [2.24, 2.45) is 0 Å². The van der Waals surface area contributed by atoms with Gasteiger partial charge in [-0.15, -0.1) is 0 Å². The molecule has 20 heavy (non-hydrogen) atoms. The van der Waals surface area contributed by atoms with E-state index < -0.39 is 6.10 Å². The fourth-order valence-electron chi connectivity index (χ4n) is 1.60. The maximum absolute atomic E-state index is 10.2. The van der Waals surface area contributed by atoms with Gasteiger partial charge in [-0.1, -0.05) is 77.4 Å². The lowest BCUT2D eigenvalue weighted by Crippen LogP contribution is -2.01. The summed E-state index contributed by atoms with van der Waals surface area (Å²) in [7, 11) is 0. The zero-order valence-electron chi connectivity index (χ0n) is 10.6. The number of rotatable bonds is 4. The van der Waals surface area contributed by atoms with Gasteiger partial charge in [-0.2, -0.15) is 0 Å². The van der Waals surface area contributed by atoms with Crippen LogP contribution in [0.4, 0.5) is 0 Å². The molecule has 1 aromatic heterocycles. The summed E-state index contributed by atoms with van der Waals surface area (Å²) in [6, 6.07) is 9.63. The summed E-state index contributed by atoms with van der Waals surface area (Å²) in [5.41, 5.74) is 1.29. The van der Waals surface area contributed by atoms with E-state index in [1.165, 1.54) is 11.8 Å². The van der Waals surface area contributed by atoms with Crippen LogP contribution in [-0.4, -0.2) is 21.3 Å². The average Bonchev–Trinajstić information content (AvgIpc) is 2.45.